The summed E-state index contributed by atoms with van der Waals surface area (Å²) in [5, 5.41) is 0. The van der Waals surface area contributed by atoms with Crippen LogP contribution >= 0.6 is 15.9 Å². The molecule has 0 N–H and O–H groups in total. The molecule has 0 aliphatic carbocycles. The minimum atomic E-state index is 0.118. The van der Waals surface area contributed by atoms with Crippen molar-refractivity contribution in [3.8, 4) is 11.8 Å². The van der Waals surface area contributed by atoms with Gasteiger partial charge in [0.1, 0.15) is 0 Å². The Labute approximate surface area is 142 Å². The third-order valence-electron chi connectivity index (χ3n) is 3.43. The van der Waals surface area contributed by atoms with Crippen LogP contribution in [-0.4, -0.2) is 0 Å². The van der Waals surface area contributed by atoms with Crippen LogP contribution in [0.2, 0.25) is 0 Å². The standard InChI is InChI=1S/C21H21Br/c1-2-3-4-7-16-20(18-12-8-5-9-13-18)17-21(22)19-14-10-6-11-15-19/h5-6,8-15,17,20H,2-4H2,1H3/b21-17-. The summed E-state index contributed by atoms with van der Waals surface area (Å²) in [7, 11) is 0. The highest BCUT2D eigenvalue weighted by Gasteiger charge is 2.07. The summed E-state index contributed by atoms with van der Waals surface area (Å²) < 4.78 is 1.09. The first-order valence-corrected chi connectivity index (χ1v) is 8.56. The smallest absolute Gasteiger partial charge is 0.0646 e. The van der Waals surface area contributed by atoms with Crippen LogP contribution in [-0.2, 0) is 0 Å². The number of benzene rings is 2. The fourth-order valence-corrected chi connectivity index (χ4v) is 2.70. The number of unbranched alkanes of at least 4 members (excludes halogenated alkanes) is 2. The van der Waals surface area contributed by atoms with E-state index in [0.29, 0.717) is 0 Å². The Hall–Kier alpha value is -1.78. The van der Waals surface area contributed by atoms with Crippen LogP contribution in [0.4, 0.5) is 0 Å². The van der Waals surface area contributed by atoms with Gasteiger partial charge in [-0.1, -0.05) is 102 Å². The number of hydrogen-bond acceptors (Lipinski definition) is 0. The highest BCUT2D eigenvalue weighted by atomic mass is 79.9. The van der Waals surface area contributed by atoms with Crippen LogP contribution in [0.1, 0.15) is 43.2 Å². The average Bonchev–Trinajstić information content (AvgIpc) is 2.59. The monoisotopic (exact) mass is 352 g/mol. The molecule has 112 valence electrons. The van der Waals surface area contributed by atoms with Crippen LogP contribution in [0.15, 0.2) is 66.7 Å². The van der Waals surface area contributed by atoms with Gasteiger partial charge in [-0.15, -0.1) is 5.92 Å². The van der Waals surface area contributed by atoms with Gasteiger partial charge in [0.2, 0.25) is 0 Å². The first-order valence-electron chi connectivity index (χ1n) is 7.77. The Kier molecular flexibility index (Phi) is 7.00. The Bertz CT molecular complexity index is 645. The molecule has 2 rings (SSSR count). The first kappa shape index (κ1) is 16.6. The molecule has 0 bridgehead atoms. The Balaban J connectivity index is 2.26. The molecule has 0 amide bonds. The van der Waals surface area contributed by atoms with Crippen molar-refractivity contribution in [3.63, 3.8) is 0 Å². The molecule has 0 fully saturated rings. The molecule has 22 heavy (non-hydrogen) atoms. The molecule has 0 aromatic heterocycles. The van der Waals surface area contributed by atoms with Crippen LogP contribution in [0.3, 0.4) is 0 Å². The van der Waals surface area contributed by atoms with E-state index in [4.69, 9.17) is 0 Å². The molecule has 0 spiro atoms. The number of allylic oxidation sites excluding steroid dienone is 1. The van der Waals surface area contributed by atoms with Crippen molar-refractivity contribution in [2.75, 3.05) is 0 Å². The lowest BCUT2D eigenvalue weighted by molar-refractivity contribution is 0.827. The van der Waals surface area contributed by atoms with Gasteiger partial charge in [-0.3, -0.25) is 0 Å². The minimum absolute atomic E-state index is 0.118. The van der Waals surface area contributed by atoms with Gasteiger partial charge in [0.15, 0.2) is 0 Å². The molecule has 0 radical (unpaired) electrons. The van der Waals surface area contributed by atoms with Gasteiger partial charge >= 0.3 is 0 Å². The molecule has 1 heteroatoms. The average molecular weight is 353 g/mol. The van der Waals surface area contributed by atoms with E-state index in [1.165, 1.54) is 17.5 Å². The largest absolute Gasteiger partial charge is 0.102 e. The summed E-state index contributed by atoms with van der Waals surface area (Å²) in [6.45, 7) is 2.20. The van der Waals surface area contributed by atoms with E-state index in [9.17, 15) is 0 Å². The number of rotatable bonds is 5. The molecule has 0 saturated heterocycles. The molecular weight excluding hydrogens is 332 g/mol. The summed E-state index contributed by atoms with van der Waals surface area (Å²) in [5.41, 5.74) is 2.41. The maximum Gasteiger partial charge on any atom is 0.0646 e. The number of halogens is 1. The van der Waals surface area contributed by atoms with Crippen LogP contribution in [0, 0.1) is 11.8 Å². The Morgan fingerprint density at radius 2 is 1.68 bits per heavy atom. The van der Waals surface area contributed by atoms with Crippen molar-refractivity contribution in [2.45, 2.75) is 32.1 Å². The molecular formula is C21H21Br. The lowest BCUT2D eigenvalue weighted by Gasteiger charge is -2.08. The van der Waals surface area contributed by atoms with Gasteiger partial charge in [0, 0.05) is 10.9 Å². The maximum atomic E-state index is 3.70. The van der Waals surface area contributed by atoms with Crippen LogP contribution in [0.25, 0.3) is 4.48 Å². The zero-order chi connectivity index (χ0) is 15.6. The summed E-state index contributed by atoms with van der Waals surface area (Å²) in [5.74, 6) is 6.86. The highest BCUT2D eigenvalue weighted by molar-refractivity contribution is 9.15. The predicted molar refractivity (Wildman–Crippen MR) is 99.8 cm³/mol. The number of hydrogen-bond donors (Lipinski definition) is 0. The van der Waals surface area contributed by atoms with Crippen molar-refractivity contribution in [3.05, 3.63) is 77.9 Å². The van der Waals surface area contributed by atoms with Crippen LogP contribution in [0.5, 0.6) is 0 Å². The molecule has 0 aliphatic heterocycles. The summed E-state index contributed by atoms with van der Waals surface area (Å²) in [6.07, 6.45) is 5.52. The molecule has 1 unspecified atom stereocenters. The Morgan fingerprint density at radius 1 is 1.05 bits per heavy atom. The van der Waals surface area contributed by atoms with E-state index in [2.05, 4.69) is 89.3 Å². The Morgan fingerprint density at radius 3 is 2.32 bits per heavy atom. The second-order valence-corrected chi connectivity index (χ2v) is 6.05. The third-order valence-corrected chi connectivity index (χ3v) is 4.16. The van der Waals surface area contributed by atoms with E-state index in [1.807, 2.05) is 12.1 Å². The fourth-order valence-electron chi connectivity index (χ4n) is 2.17. The second kappa shape index (κ2) is 9.28. The van der Waals surface area contributed by atoms with Gasteiger partial charge in [0.25, 0.3) is 0 Å². The van der Waals surface area contributed by atoms with Gasteiger partial charge < -0.3 is 0 Å². The zero-order valence-electron chi connectivity index (χ0n) is 12.9. The summed E-state index contributed by atoms with van der Waals surface area (Å²) in [4.78, 5) is 0. The minimum Gasteiger partial charge on any atom is -0.102 e. The predicted octanol–water partition coefficient (Wildman–Crippen LogP) is 6.40. The molecule has 0 aliphatic rings. The normalized spacial score (nSPS) is 12.4. The fraction of sp³-hybridized carbons (Fsp3) is 0.238. The topological polar surface area (TPSA) is 0 Å². The molecule has 0 heterocycles. The van der Waals surface area contributed by atoms with Crippen molar-refractivity contribution < 1.29 is 0 Å². The summed E-state index contributed by atoms with van der Waals surface area (Å²) in [6, 6.07) is 20.8. The zero-order valence-corrected chi connectivity index (χ0v) is 14.5. The molecule has 2 aromatic rings. The van der Waals surface area contributed by atoms with E-state index >= 15 is 0 Å². The van der Waals surface area contributed by atoms with E-state index < -0.39 is 0 Å². The molecule has 2 aromatic carbocycles. The first-order chi connectivity index (χ1) is 10.8. The lowest BCUT2D eigenvalue weighted by atomic mass is 9.98. The van der Waals surface area contributed by atoms with Gasteiger partial charge in [-0.2, -0.15) is 0 Å². The van der Waals surface area contributed by atoms with Gasteiger partial charge in [0.05, 0.1) is 5.92 Å². The van der Waals surface area contributed by atoms with Crippen molar-refractivity contribution in [1.82, 2.24) is 0 Å². The maximum absolute atomic E-state index is 3.70. The molecule has 0 nitrogen and oxygen atoms in total. The van der Waals surface area contributed by atoms with E-state index in [-0.39, 0.29) is 5.92 Å². The van der Waals surface area contributed by atoms with Gasteiger partial charge in [-0.05, 0) is 17.5 Å². The van der Waals surface area contributed by atoms with E-state index in [1.54, 1.807) is 0 Å². The van der Waals surface area contributed by atoms with Crippen LogP contribution < -0.4 is 0 Å². The van der Waals surface area contributed by atoms with Crippen molar-refractivity contribution >= 4 is 20.4 Å². The quantitative estimate of drug-likeness (QED) is 0.431. The molecule has 0 saturated carbocycles. The molecule has 1 atom stereocenters. The lowest BCUT2D eigenvalue weighted by Crippen LogP contribution is -1.92. The van der Waals surface area contributed by atoms with E-state index in [0.717, 1.165) is 17.3 Å². The van der Waals surface area contributed by atoms with Gasteiger partial charge in [-0.25, -0.2) is 0 Å². The summed E-state index contributed by atoms with van der Waals surface area (Å²) >= 11 is 3.70. The third kappa shape index (κ3) is 5.20. The van der Waals surface area contributed by atoms with Crippen molar-refractivity contribution in [1.29, 1.82) is 0 Å². The SMILES string of the molecule is CCCCC#CC(/C=C(\Br)c1ccccc1)c1ccccc1. The van der Waals surface area contributed by atoms with Crippen molar-refractivity contribution in [2.24, 2.45) is 0 Å². The second-order valence-electron chi connectivity index (χ2n) is 5.19. The highest BCUT2D eigenvalue weighted by Crippen LogP contribution is 2.27.